The minimum atomic E-state index is -3.83. The highest BCUT2D eigenvalue weighted by atomic mass is 32.2. The molecule has 134 valence electrons. The molecule has 0 aliphatic heterocycles. The summed E-state index contributed by atoms with van der Waals surface area (Å²) in [6, 6.07) is 10.8. The molecule has 0 spiro atoms. The molecule has 1 amide bonds. The Morgan fingerprint density at radius 1 is 1.08 bits per heavy atom. The number of methoxy groups -OCH3 is 1. The van der Waals surface area contributed by atoms with Crippen molar-refractivity contribution < 1.29 is 17.9 Å². The minimum absolute atomic E-state index is 0.0284. The first-order valence-corrected chi connectivity index (χ1v) is 9.14. The lowest BCUT2D eigenvalue weighted by Crippen LogP contribution is -2.16. The van der Waals surface area contributed by atoms with Crippen molar-refractivity contribution >= 4 is 21.6 Å². The number of carbonyl (C=O) groups excluding carboxylic acids is 1. The van der Waals surface area contributed by atoms with E-state index in [-0.39, 0.29) is 15.9 Å². The molecule has 0 atom stereocenters. The molecule has 0 aromatic heterocycles. The molecule has 0 fully saturated rings. The Kier molecular flexibility index (Phi) is 5.08. The summed E-state index contributed by atoms with van der Waals surface area (Å²) in [4.78, 5) is 11.1. The van der Waals surface area contributed by atoms with Crippen molar-refractivity contribution in [1.29, 1.82) is 0 Å². The average Bonchev–Trinajstić information content (AvgIpc) is 2.53. The predicted octanol–water partition coefficient (Wildman–Crippen LogP) is 2.89. The van der Waals surface area contributed by atoms with E-state index in [9.17, 15) is 13.2 Å². The van der Waals surface area contributed by atoms with Crippen molar-refractivity contribution in [3.05, 3.63) is 53.6 Å². The predicted molar refractivity (Wildman–Crippen MR) is 97.5 cm³/mol. The van der Waals surface area contributed by atoms with E-state index in [1.54, 1.807) is 12.1 Å². The fourth-order valence-corrected chi connectivity index (χ4v) is 3.32. The van der Waals surface area contributed by atoms with Gasteiger partial charge in [0.25, 0.3) is 10.0 Å². The topological polar surface area (TPSA) is 98.5 Å². The quantitative estimate of drug-likeness (QED) is 0.854. The number of hydrogen-bond donors (Lipinski definition) is 2. The maximum atomic E-state index is 12.6. The van der Waals surface area contributed by atoms with Gasteiger partial charge in [-0.1, -0.05) is 26.8 Å². The fraction of sp³-hybridized carbons (Fsp3) is 0.278. The van der Waals surface area contributed by atoms with E-state index in [1.165, 1.54) is 31.4 Å². The number of ether oxygens (including phenoxy) is 1. The number of anilines is 1. The monoisotopic (exact) mass is 362 g/mol. The van der Waals surface area contributed by atoms with Crippen LogP contribution in [-0.2, 0) is 15.4 Å². The molecule has 2 aromatic rings. The molecule has 0 aliphatic carbocycles. The van der Waals surface area contributed by atoms with E-state index in [2.05, 4.69) is 4.72 Å². The van der Waals surface area contributed by atoms with Gasteiger partial charge in [-0.3, -0.25) is 9.52 Å². The summed E-state index contributed by atoms with van der Waals surface area (Å²) in [6.45, 7) is 6.11. The number of amides is 1. The summed E-state index contributed by atoms with van der Waals surface area (Å²) < 4.78 is 33.1. The molecule has 0 aliphatic rings. The molecule has 0 saturated carbocycles. The van der Waals surface area contributed by atoms with Crippen LogP contribution in [0.1, 0.15) is 36.7 Å². The SMILES string of the molecule is COc1ccc(C(C)(C)C)cc1NS(=O)(=O)c1ccc(C(N)=O)cc1. The van der Waals surface area contributed by atoms with E-state index in [1.807, 2.05) is 26.8 Å². The number of carbonyl (C=O) groups is 1. The Balaban J connectivity index is 2.41. The normalized spacial score (nSPS) is 11.8. The molecule has 0 unspecified atom stereocenters. The van der Waals surface area contributed by atoms with Crippen LogP contribution in [0.25, 0.3) is 0 Å². The number of nitrogens with two attached hydrogens (primary N) is 1. The molecule has 0 heterocycles. The van der Waals surface area contributed by atoms with Crippen molar-refractivity contribution in [3.63, 3.8) is 0 Å². The van der Waals surface area contributed by atoms with Crippen LogP contribution in [-0.4, -0.2) is 21.4 Å². The zero-order valence-electron chi connectivity index (χ0n) is 14.7. The van der Waals surface area contributed by atoms with Crippen LogP contribution < -0.4 is 15.2 Å². The molecule has 6 nitrogen and oxygen atoms in total. The maximum absolute atomic E-state index is 12.6. The second-order valence-electron chi connectivity index (χ2n) is 6.66. The van der Waals surface area contributed by atoms with Gasteiger partial charge >= 0.3 is 0 Å². The van der Waals surface area contributed by atoms with Crippen LogP contribution in [0, 0.1) is 0 Å². The van der Waals surface area contributed by atoms with Crippen LogP contribution in [0.3, 0.4) is 0 Å². The number of benzene rings is 2. The van der Waals surface area contributed by atoms with Gasteiger partial charge in [-0.15, -0.1) is 0 Å². The van der Waals surface area contributed by atoms with E-state index in [0.29, 0.717) is 11.4 Å². The summed E-state index contributed by atoms with van der Waals surface area (Å²) in [5.41, 5.74) is 6.59. The van der Waals surface area contributed by atoms with Crippen molar-refractivity contribution in [2.45, 2.75) is 31.1 Å². The molecule has 2 aromatic carbocycles. The van der Waals surface area contributed by atoms with E-state index < -0.39 is 15.9 Å². The van der Waals surface area contributed by atoms with Gasteiger partial charge in [0.15, 0.2) is 0 Å². The summed E-state index contributed by atoms with van der Waals surface area (Å²) in [5.74, 6) is -0.193. The number of hydrogen-bond acceptors (Lipinski definition) is 4. The smallest absolute Gasteiger partial charge is 0.262 e. The molecular formula is C18H22N2O4S. The summed E-state index contributed by atoms with van der Waals surface area (Å²) in [6.07, 6.45) is 0. The Morgan fingerprint density at radius 3 is 2.16 bits per heavy atom. The first kappa shape index (κ1) is 18.8. The van der Waals surface area contributed by atoms with Gasteiger partial charge in [0, 0.05) is 5.56 Å². The lowest BCUT2D eigenvalue weighted by molar-refractivity contribution is 0.1000. The first-order valence-electron chi connectivity index (χ1n) is 7.66. The van der Waals surface area contributed by atoms with Crippen LogP contribution in [0.15, 0.2) is 47.4 Å². The highest BCUT2D eigenvalue weighted by molar-refractivity contribution is 7.92. The van der Waals surface area contributed by atoms with Crippen LogP contribution in [0.5, 0.6) is 5.75 Å². The van der Waals surface area contributed by atoms with E-state index in [4.69, 9.17) is 10.5 Å². The molecule has 0 saturated heterocycles. The third kappa shape index (κ3) is 4.30. The Bertz CT molecular complexity index is 882. The van der Waals surface area contributed by atoms with Gasteiger partial charge in [0.2, 0.25) is 5.91 Å². The zero-order valence-corrected chi connectivity index (χ0v) is 15.5. The van der Waals surface area contributed by atoms with Gasteiger partial charge in [-0.05, 0) is 47.4 Å². The van der Waals surface area contributed by atoms with Gasteiger partial charge in [-0.25, -0.2) is 8.42 Å². The fourth-order valence-electron chi connectivity index (χ4n) is 2.26. The molecule has 0 radical (unpaired) electrons. The van der Waals surface area contributed by atoms with E-state index in [0.717, 1.165) is 5.56 Å². The standard InChI is InChI=1S/C18H22N2O4S/c1-18(2,3)13-7-10-16(24-4)15(11-13)20-25(22,23)14-8-5-12(6-9-14)17(19)21/h5-11,20H,1-4H3,(H2,19,21). The summed E-state index contributed by atoms with van der Waals surface area (Å²) in [5, 5.41) is 0. The third-order valence-electron chi connectivity index (χ3n) is 3.76. The van der Waals surface area contributed by atoms with Crippen molar-refractivity contribution in [1.82, 2.24) is 0 Å². The number of nitrogens with one attached hydrogen (secondary N) is 1. The zero-order chi connectivity index (χ0) is 18.8. The molecule has 25 heavy (non-hydrogen) atoms. The minimum Gasteiger partial charge on any atom is -0.495 e. The van der Waals surface area contributed by atoms with Gasteiger partial charge in [-0.2, -0.15) is 0 Å². The lowest BCUT2D eigenvalue weighted by atomic mass is 9.87. The molecule has 3 N–H and O–H groups in total. The highest BCUT2D eigenvalue weighted by Gasteiger charge is 2.20. The number of rotatable bonds is 5. The number of sulfonamides is 1. The van der Waals surface area contributed by atoms with Gasteiger partial charge in [0.05, 0.1) is 17.7 Å². The first-order chi connectivity index (χ1) is 11.5. The maximum Gasteiger partial charge on any atom is 0.262 e. The van der Waals surface area contributed by atoms with Crippen LogP contribution in [0.4, 0.5) is 5.69 Å². The molecule has 0 bridgehead atoms. The number of primary amides is 1. The van der Waals surface area contributed by atoms with Crippen LogP contribution in [0.2, 0.25) is 0 Å². The summed E-state index contributed by atoms with van der Waals surface area (Å²) >= 11 is 0. The van der Waals surface area contributed by atoms with Gasteiger partial charge < -0.3 is 10.5 Å². The largest absolute Gasteiger partial charge is 0.495 e. The summed E-state index contributed by atoms with van der Waals surface area (Å²) in [7, 11) is -2.36. The van der Waals surface area contributed by atoms with Gasteiger partial charge in [0.1, 0.15) is 5.75 Å². The molecule has 7 heteroatoms. The second-order valence-corrected chi connectivity index (χ2v) is 8.34. The van der Waals surface area contributed by atoms with Crippen molar-refractivity contribution in [3.8, 4) is 5.75 Å². The second kappa shape index (κ2) is 6.76. The molecular weight excluding hydrogens is 340 g/mol. The Labute approximate surface area is 148 Å². The Morgan fingerprint density at radius 2 is 1.68 bits per heavy atom. The lowest BCUT2D eigenvalue weighted by Gasteiger charge is -2.21. The molecule has 2 rings (SSSR count). The third-order valence-corrected chi connectivity index (χ3v) is 5.14. The van der Waals surface area contributed by atoms with Crippen molar-refractivity contribution in [2.24, 2.45) is 5.73 Å². The van der Waals surface area contributed by atoms with Crippen molar-refractivity contribution in [2.75, 3.05) is 11.8 Å². The van der Waals surface area contributed by atoms with Crippen LogP contribution >= 0.6 is 0 Å². The Hall–Kier alpha value is -2.54. The average molecular weight is 362 g/mol. The highest BCUT2D eigenvalue weighted by Crippen LogP contribution is 2.32. The van der Waals surface area contributed by atoms with E-state index >= 15 is 0 Å².